The highest BCUT2D eigenvalue weighted by molar-refractivity contribution is 5.20. The lowest BCUT2D eigenvalue weighted by Gasteiger charge is -2.06. The molecule has 3 heteroatoms. The van der Waals surface area contributed by atoms with E-state index < -0.39 is 0 Å². The van der Waals surface area contributed by atoms with Gasteiger partial charge in [0.1, 0.15) is 0 Å². The Kier molecular flexibility index (Phi) is 3.48. The van der Waals surface area contributed by atoms with Gasteiger partial charge in [-0.2, -0.15) is 5.10 Å². The first-order chi connectivity index (χ1) is 6.22. The molecule has 0 saturated heterocycles. The Labute approximate surface area is 79.9 Å². The maximum absolute atomic E-state index is 5.99. The minimum absolute atomic E-state index is 0.148. The number of aromatic nitrogens is 2. The zero-order valence-corrected chi connectivity index (χ0v) is 8.75. The molecule has 1 aromatic rings. The molecule has 2 N–H and O–H groups in total. The summed E-state index contributed by atoms with van der Waals surface area (Å²) in [7, 11) is 0. The molecule has 74 valence electrons. The van der Waals surface area contributed by atoms with E-state index in [1.54, 1.807) is 0 Å². The average Bonchev–Trinajstić information content (AvgIpc) is 2.59. The van der Waals surface area contributed by atoms with Crippen LogP contribution in [0.4, 0.5) is 0 Å². The van der Waals surface area contributed by atoms with Crippen molar-refractivity contribution >= 4 is 0 Å². The molecule has 1 heterocycles. The van der Waals surface area contributed by atoms with Crippen LogP contribution < -0.4 is 5.73 Å². The zero-order valence-electron chi connectivity index (χ0n) is 8.75. The van der Waals surface area contributed by atoms with Gasteiger partial charge in [0.25, 0.3) is 0 Å². The monoisotopic (exact) mass is 181 g/mol. The van der Waals surface area contributed by atoms with Gasteiger partial charge in [-0.15, -0.1) is 0 Å². The van der Waals surface area contributed by atoms with E-state index in [1.165, 1.54) is 5.56 Å². The van der Waals surface area contributed by atoms with Gasteiger partial charge in [-0.1, -0.05) is 13.8 Å². The van der Waals surface area contributed by atoms with Gasteiger partial charge in [-0.3, -0.25) is 4.68 Å². The molecule has 0 fully saturated rings. The van der Waals surface area contributed by atoms with E-state index in [0.717, 1.165) is 25.1 Å². The first-order valence-corrected chi connectivity index (χ1v) is 5.04. The van der Waals surface area contributed by atoms with Gasteiger partial charge in [0.05, 0.1) is 5.69 Å². The van der Waals surface area contributed by atoms with Gasteiger partial charge in [-0.05, 0) is 19.8 Å². The maximum atomic E-state index is 5.99. The lowest BCUT2D eigenvalue weighted by molar-refractivity contribution is 0.647. The molecule has 1 aromatic heterocycles. The largest absolute Gasteiger partial charge is 0.324 e. The first-order valence-electron chi connectivity index (χ1n) is 5.04. The molecule has 0 saturated carbocycles. The fourth-order valence-corrected chi connectivity index (χ4v) is 1.44. The lowest BCUT2D eigenvalue weighted by Crippen LogP contribution is -2.09. The summed E-state index contributed by atoms with van der Waals surface area (Å²) in [6, 6.07) is 0.148. The van der Waals surface area contributed by atoms with Crippen LogP contribution in [-0.2, 0) is 13.0 Å². The van der Waals surface area contributed by atoms with E-state index in [0.29, 0.717) is 0 Å². The summed E-state index contributed by atoms with van der Waals surface area (Å²) in [5.41, 5.74) is 8.35. The average molecular weight is 181 g/mol. The van der Waals surface area contributed by atoms with E-state index in [2.05, 4.69) is 32.1 Å². The van der Waals surface area contributed by atoms with E-state index in [4.69, 9.17) is 5.73 Å². The van der Waals surface area contributed by atoms with Crippen LogP contribution in [0, 0.1) is 0 Å². The Hall–Kier alpha value is -0.830. The quantitative estimate of drug-likeness (QED) is 0.770. The van der Waals surface area contributed by atoms with Crippen molar-refractivity contribution in [3.63, 3.8) is 0 Å². The van der Waals surface area contributed by atoms with E-state index in [1.807, 2.05) is 4.68 Å². The number of rotatable bonds is 4. The predicted octanol–water partition coefficient (Wildman–Crippen LogP) is 1.88. The third-order valence-electron chi connectivity index (χ3n) is 2.37. The number of nitrogens with zero attached hydrogens (tertiary/aromatic N) is 2. The van der Waals surface area contributed by atoms with Crippen molar-refractivity contribution in [2.45, 2.75) is 46.2 Å². The normalized spacial score (nSPS) is 13.2. The molecule has 0 aliphatic rings. The van der Waals surface area contributed by atoms with Crippen LogP contribution in [0.1, 0.15) is 44.5 Å². The molecule has 0 aliphatic heterocycles. The molecule has 0 spiro atoms. The SMILES string of the molecule is CCc1nn(CC)cc1C(N)CC. The molecule has 0 aromatic carbocycles. The molecule has 0 radical (unpaired) electrons. The van der Waals surface area contributed by atoms with E-state index in [-0.39, 0.29) is 6.04 Å². The van der Waals surface area contributed by atoms with Crippen LogP contribution in [0.25, 0.3) is 0 Å². The summed E-state index contributed by atoms with van der Waals surface area (Å²) in [6.45, 7) is 7.23. The minimum atomic E-state index is 0.148. The standard InChI is InChI=1S/C10H19N3/c1-4-9(11)8-7-13(6-3)12-10(8)5-2/h7,9H,4-6,11H2,1-3H3. The maximum Gasteiger partial charge on any atom is 0.0669 e. The van der Waals surface area contributed by atoms with Crippen molar-refractivity contribution in [3.8, 4) is 0 Å². The summed E-state index contributed by atoms with van der Waals surface area (Å²) in [5, 5.41) is 4.45. The molecular formula is C10H19N3. The molecule has 1 rings (SSSR count). The molecule has 0 aliphatic carbocycles. The third kappa shape index (κ3) is 2.10. The fraction of sp³-hybridized carbons (Fsp3) is 0.700. The van der Waals surface area contributed by atoms with Gasteiger partial charge in [0.15, 0.2) is 0 Å². The van der Waals surface area contributed by atoms with Crippen LogP contribution in [0.3, 0.4) is 0 Å². The highest BCUT2D eigenvalue weighted by atomic mass is 15.3. The summed E-state index contributed by atoms with van der Waals surface area (Å²) >= 11 is 0. The van der Waals surface area contributed by atoms with Crippen molar-refractivity contribution in [2.75, 3.05) is 0 Å². The van der Waals surface area contributed by atoms with Crippen LogP contribution in [-0.4, -0.2) is 9.78 Å². The minimum Gasteiger partial charge on any atom is -0.324 e. The zero-order chi connectivity index (χ0) is 9.84. The van der Waals surface area contributed by atoms with Gasteiger partial charge in [-0.25, -0.2) is 0 Å². The smallest absolute Gasteiger partial charge is 0.0669 e. The molecule has 1 atom stereocenters. The topological polar surface area (TPSA) is 43.8 Å². The van der Waals surface area contributed by atoms with Crippen LogP contribution in [0.2, 0.25) is 0 Å². The van der Waals surface area contributed by atoms with Gasteiger partial charge >= 0.3 is 0 Å². The van der Waals surface area contributed by atoms with Crippen molar-refractivity contribution in [3.05, 3.63) is 17.5 Å². The van der Waals surface area contributed by atoms with Gasteiger partial charge < -0.3 is 5.73 Å². The number of hydrogen-bond acceptors (Lipinski definition) is 2. The Balaban J connectivity index is 2.96. The number of aryl methyl sites for hydroxylation is 2. The number of hydrogen-bond donors (Lipinski definition) is 1. The van der Waals surface area contributed by atoms with Crippen LogP contribution >= 0.6 is 0 Å². The highest BCUT2D eigenvalue weighted by Crippen LogP contribution is 2.17. The van der Waals surface area contributed by atoms with Crippen molar-refractivity contribution < 1.29 is 0 Å². The van der Waals surface area contributed by atoms with Gasteiger partial charge in [0, 0.05) is 24.3 Å². The van der Waals surface area contributed by atoms with Crippen molar-refractivity contribution in [2.24, 2.45) is 5.73 Å². The van der Waals surface area contributed by atoms with Crippen molar-refractivity contribution in [1.82, 2.24) is 9.78 Å². The predicted molar refractivity (Wildman–Crippen MR) is 54.5 cm³/mol. The molecule has 1 unspecified atom stereocenters. The second-order valence-electron chi connectivity index (χ2n) is 3.26. The number of nitrogens with two attached hydrogens (primary N) is 1. The summed E-state index contributed by atoms with van der Waals surface area (Å²) in [6.07, 6.45) is 4.02. The molecule has 3 nitrogen and oxygen atoms in total. The molecule has 0 bridgehead atoms. The van der Waals surface area contributed by atoms with Gasteiger partial charge in [0.2, 0.25) is 0 Å². The molecule has 13 heavy (non-hydrogen) atoms. The van der Waals surface area contributed by atoms with E-state index >= 15 is 0 Å². The first kappa shape index (κ1) is 10.3. The Morgan fingerprint density at radius 1 is 1.46 bits per heavy atom. The Morgan fingerprint density at radius 3 is 2.62 bits per heavy atom. The fourth-order valence-electron chi connectivity index (χ4n) is 1.44. The second kappa shape index (κ2) is 4.42. The Bertz CT molecular complexity index is 265. The molecular weight excluding hydrogens is 162 g/mol. The van der Waals surface area contributed by atoms with Crippen LogP contribution in [0.15, 0.2) is 6.20 Å². The van der Waals surface area contributed by atoms with E-state index in [9.17, 15) is 0 Å². The second-order valence-corrected chi connectivity index (χ2v) is 3.26. The van der Waals surface area contributed by atoms with Crippen LogP contribution in [0.5, 0.6) is 0 Å². The Morgan fingerprint density at radius 2 is 2.15 bits per heavy atom. The summed E-state index contributed by atoms with van der Waals surface area (Å²) in [5.74, 6) is 0. The summed E-state index contributed by atoms with van der Waals surface area (Å²) < 4.78 is 1.96. The van der Waals surface area contributed by atoms with Crippen molar-refractivity contribution in [1.29, 1.82) is 0 Å². The third-order valence-corrected chi connectivity index (χ3v) is 2.37. The lowest BCUT2D eigenvalue weighted by atomic mass is 10.1. The highest BCUT2D eigenvalue weighted by Gasteiger charge is 2.11. The summed E-state index contributed by atoms with van der Waals surface area (Å²) in [4.78, 5) is 0. The molecule has 0 amide bonds.